The number of hydrogen-bond donors (Lipinski definition) is 0. The van der Waals surface area contributed by atoms with Gasteiger partial charge >= 0.3 is 0 Å². The summed E-state index contributed by atoms with van der Waals surface area (Å²) in [4.78, 5) is 15.4. The molecule has 0 spiro atoms. The summed E-state index contributed by atoms with van der Waals surface area (Å²) in [6.45, 7) is 3.77. The molecule has 34 heavy (non-hydrogen) atoms. The SMILES string of the molecule is COc1ccc(OC)c(/C=C2\Oc3c(cc4c(c3C)OCN(Cc3ccc(Cl)cc3)C4)C2=O)c1. The molecule has 7 heteroatoms. The van der Waals surface area contributed by atoms with E-state index in [0.29, 0.717) is 46.7 Å². The molecule has 3 aromatic rings. The number of halogens is 1. The third kappa shape index (κ3) is 4.11. The number of fused-ring (bicyclic) bond motifs is 2. The third-order valence-electron chi connectivity index (χ3n) is 6.04. The van der Waals surface area contributed by atoms with Gasteiger partial charge in [0.2, 0.25) is 5.78 Å². The quantitative estimate of drug-likeness (QED) is 0.444. The van der Waals surface area contributed by atoms with Crippen LogP contribution in [0.1, 0.15) is 32.6 Å². The van der Waals surface area contributed by atoms with Crippen LogP contribution in [0.2, 0.25) is 5.02 Å². The number of ketones is 1. The Hall–Kier alpha value is -3.48. The number of benzene rings is 3. The molecule has 2 aliphatic rings. The lowest BCUT2D eigenvalue weighted by molar-refractivity contribution is 0.0876. The number of ether oxygens (including phenoxy) is 4. The number of rotatable bonds is 5. The van der Waals surface area contributed by atoms with E-state index in [-0.39, 0.29) is 11.5 Å². The van der Waals surface area contributed by atoms with Gasteiger partial charge in [0, 0.05) is 34.8 Å². The molecule has 6 nitrogen and oxygen atoms in total. The smallest absolute Gasteiger partial charge is 0.231 e. The van der Waals surface area contributed by atoms with E-state index in [1.54, 1.807) is 38.5 Å². The third-order valence-corrected chi connectivity index (χ3v) is 6.30. The molecule has 0 saturated heterocycles. The predicted molar refractivity (Wildman–Crippen MR) is 130 cm³/mol. The van der Waals surface area contributed by atoms with Gasteiger partial charge in [-0.15, -0.1) is 0 Å². The van der Waals surface area contributed by atoms with Crippen LogP contribution in [0.15, 0.2) is 54.3 Å². The van der Waals surface area contributed by atoms with Crippen molar-refractivity contribution >= 4 is 23.5 Å². The minimum absolute atomic E-state index is 0.166. The normalized spacial score (nSPS) is 16.0. The minimum atomic E-state index is -0.166. The van der Waals surface area contributed by atoms with Crippen LogP contribution in [0.3, 0.4) is 0 Å². The van der Waals surface area contributed by atoms with Gasteiger partial charge in [-0.25, -0.2) is 0 Å². The average molecular weight is 478 g/mol. The largest absolute Gasteiger partial charge is 0.497 e. The Bertz CT molecular complexity index is 1300. The molecular weight excluding hydrogens is 454 g/mol. The van der Waals surface area contributed by atoms with Gasteiger partial charge in [-0.3, -0.25) is 9.69 Å². The Morgan fingerprint density at radius 2 is 1.85 bits per heavy atom. The highest BCUT2D eigenvalue weighted by atomic mass is 35.5. The van der Waals surface area contributed by atoms with Crippen molar-refractivity contribution in [3.05, 3.63) is 87.1 Å². The van der Waals surface area contributed by atoms with Crippen molar-refractivity contribution in [2.75, 3.05) is 21.0 Å². The lowest BCUT2D eigenvalue weighted by Crippen LogP contribution is -2.32. The highest BCUT2D eigenvalue weighted by Gasteiger charge is 2.33. The number of allylic oxidation sites excluding steroid dienone is 1. The summed E-state index contributed by atoms with van der Waals surface area (Å²) < 4.78 is 22.9. The minimum Gasteiger partial charge on any atom is -0.497 e. The first-order valence-electron chi connectivity index (χ1n) is 10.9. The summed E-state index contributed by atoms with van der Waals surface area (Å²) >= 11 is 6.00. The zero-order valence-corrected chi connectivity index (χ0v) is 19.9. The summed E-state index contributed by atoms with van der Waals surface area (Å²) in [7, 11) is 3.18. The first-order valence-corrected chi connectivity index (χ1v) is 11.3. The van der Waals surface area contributed by atoms with Crippen molar-refractivity contribution in [3.8, 4) is 23.0 Å². The van der Waals surface area contributed by atoms with Crippen molar-refractivity contribution < 1.29 is 23.7 Å². The van der Waals surface area contributed by atoms with Crippen LogP contribution in [0.5, 0.6) is 23.0 Å². The first kappa shape index (κ1) is 22.3. The average Bonchev–Trinajstić information content (AvgIpc) is 3.16. The highest BCUT2D eigenvalue weighted by molar-refractivity contribution is 6.30. The molecule has 5 rings (SSSR count). The lowest BCUT2D eigenvalue weighted by Gasteiger charge is -2.30. The van der Waals surface area contributed by atoms with Gasteiger partial charge in [-0.2, -0.15) is 0 Å². The summed E-state index contributed by atoms with van der Waals surface area (Å²) in [6, 6.07) is 15.1. The second-order valence-electron chi connectivity index (χ2n) is 8.30. The summed E-state index contributed by atoms with van der Waals surface area (Å²) in [5.41, 5.74) is 4.18. The fraction of sp³-hybridized carbons (Fsp3) is 0.222. The van der Waals surface area contributed by atoms with E-state index in [9.17, 15) is 4.79 Å². The molecule has 2 heterocycles. The van der Waals surface area contributed by atoms with E-state index in [1.165, 1.54) is 0 Å². The van der Waals surface area contributed by atoms with Crippen molar-refractivity contribution in [2.24, 2.45) is 0 Å². The van der Waals surface area contributed by atoms with Crippen LogP contribution >= 0.6 is 11.6 Å². The van der Waals surface area contributed by atoms with Gasteiger partial charge in [0.05, 0.1) is 19.8 Å². The molecule has 0 aliphatic carbocycles. The van der Waals surface area contributed by atoms with Crippen molar-refractivity contribution in [1.82, 2.24) is 4.90 Å². The summed E-state index contributed by atoms with van der Waals surface area (Å²) in [6.07, 6.45) is 1.69. The summed E-state index contributed by atoms with van der Waals surface area (Å²) in [5.74, 6) is 2.68. The van der Waals surface area contributed by atoms with Crippen LogP contribution in [-0.2, 0) is 13.1 Å². The van der Waals surface area contributed by atoms with E-state index >= 15 is 0 Å². The number of carbonyl (C=O) groups excluding carboxylic acids is 1. The number of carbonyl (C=O) groups is 1. The summed E-state index contributed by atoms with van der Waals surface area (Å²) in [5, 5.41) is 0.712. The van der Waals surface area contributed by atoms with Crippen LogP contribution in [0.4, 0.5) is 0 Å². The molecule has 0 bridgehead atoms. The standard InChI is InChI=1S/C27H24ClNO5/c1-16-26-19(14-29(15-33-26)13-17-4-6-20(28)7-5-17)11-22-25(30)24(34-27(16)22)12-18-10-21(31-2)8-9-23(18)32-3/h4-12H,13-15H2,1-3H3/b24-12-. The van der Waals surface area contributed by atoms with E-state index in [1.807, 2.05) is 37.3 Å². The van der Waals surface area contributed by atoms with Crippen molar-refractivity contribution in [2.45, 2.75) is 20.0 Å². The molecule has 0 unspecified atom stereocenters. The van der Waals surface area contributed by atoms with E-state index in [2.05, 4.69) is 4.90 Å². The fourth-order valence-electron chi connectivity index (χ4n) is 4.34. The number of nitrogens with zero attached hydrogens (tertiary/aromatic N) is 1. The van der Waals surface area contributed by atoms with Crippen molar-refractivity contribution in [1.29, 1.82) is 0 Å². The zero-order chi connectivity index (χ0) is 23.8. The topological polar surface area (TPSA) is 57.2 Å². The van der Waals surface area contributed by atoms with Crippen LogP contribution < -0.4 is 18.9 Å². The lowest BCUT2D eigenvalue weighted by atomic mass is 9.99. The van der Waals surface area contributed by atoms with Gasteiger partial charge < -0.3 is 18.9 Å². The van der Waals surface area contributed by atoms with Crippen molar-refractivity contribution in [3.63, 3.8) is 0 Å². The van der Waals surface area contributed by atoms with Gasteiger partial charge in [-0.05, 0) is 55.0 Å². The fourth-order valence-corrected chi connectivity index (χ4v) is 4.47. The molecule has 174 valence electrons. The Morgan fingerprint density at radius 3 is 2.59 bits per heavy atom. The molecule has 2 aliphatic heterocycles. The maximum Gasteiger partial charge on any atom is 0.231 e. The van der Waals surface area contributed by atoms with E-state index < -0.39 is 0 Å². The molecule has 0 amide bonds. The van der Waals surface area contributed by atoms with Crippen LogP contribution in [0.25, 0.3) is 6.08 Å². The maximum absolute atomic E-state index is 13.3. The predicted octanol–water partition coefficient (Wildman–Crippen LogP) is 5.63. The second kappa shape index (κ2) is 9.05. The Labute approximate surface area is 203 Å². The molecule has 0 N–H and O–H groups in total. The van der Waals surface area contributed by atoms with Gasteiger partial charge in [-0.1, -0.05) is 23.7 Å². The van der Waals surface area contributed by atoms with Gasteiger partial charge in [0.25, 0.3) is 0 Å². The van der Waals surface area contributed by atoms with Crippen LogP contribution in [0, 0.1) is 6.92 Å². The zero-order valence-electron chi connectivity index (χ0n) is 19.2. The highest BCUT2D eigenvalue weighted by Crippen LogP contribution is 2.43. The molecule has 0 radical (unpaired) electrons. The Balaban J connectivity index is 1.43. The van der Waals surface area contributed by atoms with E-state index in [0.717, 1.165) is 29.0 Å². The number of methoxy groups -OCH3 is 2. The maximum atomic E-state index is 13.3. The first-order chi connectivity index (χ1) is 16.5. The molecular formula is C27H24ClNO5. The molecule has 0 atom stereocenters. The number of Topliss-reactive ketones (excluding diaryl/α,β-unsaturated/α-hetero) is 1. The Morgan fingerprint density at radius 1 is 1.06 bits per heavy atom. The monoisotopic (exact) mass is 477 g/mol. The molecule has 0 fully saturated rings. The van der Waals surface area contributed by atoms with E-state index in [4.69, 9.17) is 30.5 Å². The second-order valence-corrected chi connectivity index (χ2v) is 8.74. The molecule has 0 aromatic heterocycles. The molecule has 0 saturated carbocycles. The van der Waals surface area contributed by atoms with Gasteiger partial charge in [0.1, 0.15) is 29.7 Å². The van der Waals surface area contributed by atoms with Crippen LogP contribution in [-0.4, -0.2) is 31.6 Å². The number of hydrogen-bond acceptors (Lipinski definition) is 6. The van der Waals surface area contributed by atoms with Gasteiger partial charge in [0.15, 0.2) is 5.76 Å². The molecule has 3 aromatic carbocycles. The Kier molecular flexibility index (Phi) is 5.94.